The van der Waals surface area contributed by atoms with E-state index in [1.165, 1.54) is 0 Å². The highest BCUT2D eigenvalue weighted by molar-refractivity contribution is 4.91. The monoisotopic (exact) mass is 254 g/mol. The standard InChI is InChI=1S/C11H21F3N2O/c1-7(2)16-5-4-9(8(16)3)15-6-10(17)11(12,13)14/h7-10,15,17H,4-6H2,1-3H3. The number of aliphatic hydroxyl groups is 1. The number of hydrogen-bond acceptors (Lipinski definition) is 3. The third-order valence-electron chi connectivity index (χ3n) is 3.42. The van der Waals surface area contributed by atoms with Crippen molar-refractivity contribution in [2.24, 2.45) is 0 Å². The lowest BCUT2D eigenvalue weighted by atomic mass is 10.1. The Morgan fingerprint density at radius 3 is 2.41 bits per heavy atom. The van der Waals surface area contributed by atoms with Gasteiger partial charge in [-0.1, -0.05) is 0 Å². The number of aliphatic hydroxyl groups excluding tert-OH is 1. The van der Waals surface area contributed by atoms with Crippen LogP contribution < -0.4 is 5.32 Å². The van der Waals surface area contributed by atoms with Crippen molar-refractivity contribution in [1.29, 1.82) is 0 Å². The number of likely N-dealkylation sites (tertiary alicyclic amines) is 1. The second-order valence-corrected chi connectivity index (χ2v) is 4.93. The molecular weight excluding hydrogens is 233 g/mol. The van der Waals surface area contributed by atoms with Gasteiger partial charge in [0, 0.05) is 31.2 Å². The summed E-state index contributed by atoms with van der Waals surface area (Å²) in [6.07, 6.45) is -5.99. The topological polar surface area (TPSA) is 35.5 Å². The first-order valence-electron chi connectivity index (χ1n) is 5.97. The maximum atomic E-state index is 12.1. The minimum absolute atomic E-state index is 0.0226. The van der Waals surface area contributed by atoms with Crippen molar-refractivity contribution in [2.45, 2.75) is 57.6 Å². The molecule has 3 nitrogen and oxygen atoms in total. The maximum Gasteiger partial charge on any atom is 0.415 e. The molecular formula is C11H21F3N2O. The van der Waals surface area contributed by atoms with Gasteiger partial charge in [-0.15, -0.1) is 0 Å². The predicted molar refractivity (Wildman–Crippen MR) is 59.8 cm³/mol. The molecule has 0 bridgehead atoms. The number of nitrogens with one attached hydrogen (secondary N) is 1. The minimum atomic E-state index is -4.54. The van der Waals surface area contributed by atoms with E-state index in [0.29, 0.717) is 6.04 Å². The highest BCUT2D eigenvalue weighted by Crippen LogP contribution is 2.22. The quantitative estimate of drug-likeness (QED) is 0.795. The first kappa shape index (κ1) is 14.7. The van der Waals surface area contributed by atoms with E-state index in [1.54, 1.807) is 0 Å². The Kier molecular flexibility index (Phi) is 4.80. The van der Waals surface area contributed by atoms with Crippen LogP contribution in [0.15, 0.2) is 0 Å². The molecule has 0 radical (unpaired) electrons. The molecule has 2 N–H and O–H groups in total. The van der Waals surface area contributed by atoms with Crippen molar-refractivity contribution in [2.75, 3.05) is 13.1 Å². The molecule has 102 valence electrons. The molecule has 0 aromatic heterocycles. The van der Waals surface area contributed by atoms with E-state index >= 15 is 0 Å². The first-order valence-corrected chi connectivity index (χ1v) is 5.97. The second kappa shape index (κ2) is 5.54. The second-order valence-electron chi connectivity index (χ2n) is 4.93. The van der Waals surface area contributed by atoms with Crippen LogP contribution >= 0.6 is 0 Å². The summed E-state index contributed by atoms with van der Waals surface area (Å²) in [5.74, 6) is 0. The highest BCUT2D eigenvalue weighted by atomic mass is 19.4. The Morgan fingerprint density at radius 1 is 1.41 bits per heavy atom. The molecule has 0 spiro atoms. The van der Waals surface area contributed by atoms with Gasteiger partial charge in [0.2, 0.25) is 0 Å². The van der Waals surface area contributed by atoms with Gasteiger partial charge in [-0.25, -0.2) is 0 Å². The third-order valence-corrected chi connectivity index (χ3v) is 3.42. The molecule has 1 aliphatic heterocycles. The van der Waals surface area contributed by atoms with Crippen LogP contribution in [0.5, 0.6) is 0 Å². The first-order chi connectivity index (χ1) is 7.73. The van der Waals surface area contributed by atoms with Gasteiger partial charge < -0.3 is 10.4 Å². The molecule has 0 aromatic carbocycles. The SMILES string of the molecule is CC(C)N1CCC(NCC(O)C(F)(F)F)C1C. The number of hydrogen-bond donors (Lipinski definition) is 2. The Labute approximate surface area is 100.0 Å². The number of alkyl halides is 3. The van der Waals surface area contributed by atoms with E-state index in [9.17, 15) is 13.2 Å². The highest BCUT2D eigenvalue weighted by Gasteiger charge is 2.39. The molecule has 1 saturated heterocycles. The molecule has 1 rings (SSSR count). The summed E-state index contributed by atoms with van der Waals surface area (Å²) in [4.78, 5) is 2.25. The Bertz CT molecular complexity index is 245. The van der Waals surface area contributed by atoms with Gasteiger partial charge in [-0.2, -0.15) is 13.2 Å². The zero-order chi connectivity index (χ0) is 13.2. The van der Waals surface area contributed by atoms with Gasteiger partial charge in [0.05, 0.1) is 0 Å². The smallest absolute Gasteiger partial charge is 0.382 e. The number of halogens is 3. The van der Waals surface area contributed by atoms with E-state index in [-0.39, 0.29) is 12.1 Å². The zero-order valence-electron chi connectivity index (χ0n) is 10.5. The molecule has 3 atom stereocenters. The van der Waals surface area contributed by atoms with Gasteiger partial charge in [-0.05, 0) is 27.2 Å². The average Bonchev–Trinajstić information content (AvgIpc) is 2.54. The molecule has 1 fully saturated rings. The van der Waals surface area contributed by atoms with E-state index in [2.05, 4.69) is 24.1 Å². The Hall–Kier alpha value is -0.330. The van der Waals surface area contributed by atoms with E-state index in [0.717, 1.165) is 13.0 Å². The molecule has 6 heteroatoms. The molecule has 3 unspecified atom stereocenters. The van der Waals surface area contributed by atoms with Crippen LogP contribution in [0.2, 0.25) is 0 Å². The molecule has 0 aliphatic carbocycles. The number of rotatable bonds is 4. The zero-order valence-corrected chi connectivity index (χ0v) is 10.5. The van der Waals surface area contributed by atoms with Crippen LogP contribution in [-0.4, -0.2) is 53.5 Å². The van der Waals surface area contributed by atoms with Crippen molar-refractivity contribution in [3.05, 3.63) is 0 Å². The summed E-state index contributed by atoms with van der Waals surface area (Å²) < 4.78 is 36.4. The fraction of sp³-hybridized carbons (Fsp3) is 1.00. The van der Waals surface area contributed by atoms with Crippen molar-refractivity contribution in [3.8, 4) is 0 Å². The Morgan fingerprint density at radius 2 is 2.00 bits per heavy atom. The molecule has 0 saturated carbocycles. The van der Waals surface area contributed by atoms with Crippen LogP contribution in [0.4, 0.5) is 13.2 Å². The van der Waals surface area contributed by atoms with E-state index in [1.807, 2.05) is 6.92 Å². The summed E-state index contributed by atoms with van der Waals surface area (Å²) in [5.41, 5.74) is 0. The van der Waals surface area contributed by atoms with Crippen LogP contribution in [-0.2, 0) is 0 Å². The van der Waals surface area contributed by atoms with Crippen molar-refractivity contribution in [1.82, 2.24) is 10.2 Å². The van der Waals surface area contributed by atoms with Crippen molar-refractivity contribution < 1.29 is 18.3 Å². The van der Waals surface area contributed by atoms with Gasteiger partial charge in [0.15, 0.2) is 6.10 Å². The van der Waals surface area contributed by atoms with Crippen LogP contribution in [0.25, 0.3) is 0 Å². The lowest BCUT2D eigenvalue weighted by molar-refractivity contribution is -0.202. The summed E-state index contributed by atoms with van der Waals surface area (Å²) in [7, 11) is 0. The van der Waals surface area contributed by atoms with Crippen molar-refractivity contribution in [3.63, 3.8) is 0 Å². The summed E-state index contributed by atoms with van der Waals surface area (Å²) in [6.45, 7) is 6.61. The van der Waals surface area contributed by atoms with Gasteiger partial charge in [-0.3, -0.25) is 4.90 Å². The van der Waals surface area contributed by atoms with Crippen LogP contribution in [0.3, 0.4) is 0 Å². The Balaban J connectivity index is 2.39. The number of nitrogens with zero attached hydrogens (tertiary/aromatic N) is 1. The fourth-order valence-corrected chi connectivity index (χ4v) is 2.34. The van der Waals surface area contributed by atoms with Gasteiger partial charge in [0.25, 0.3) is 0 Å². The normalized spacial score (nSPS) is 28.9. The average molecular weight is 254 g/mol. The third kappa shape index (κ3) is 3.82. The molecule has 1 heterocycles. The minimum Gasteiger partial charge on any atom is -0.382 e. The fourth-order valence-electron chi connectivity index (χ4n) is 2.34. The lowest BCUT2D eigenvalue weighted by Crippen LogP contribution is -2.47. The van der Waals surface area contributed by atoms with Crippen LogP contribution in [0, 0.1) is 0 Å². The van der Waals surface area contributed by atoms with Crippen molar-refractivity contribution >= 4 is 0 Å². The lowest BCUT2D eigenvalue weighted by Gasteiger charge is -2.29. The largest absolute Gasteiger partial charge is 0.415 e. The van der Waals surface area contributed by atoms with Gasteiger partial charge >= 0.3 is 6.18 Å². The van der Waals surface area contributed by atoms with E-state index in [4.69, 9.17) is 5.11 Å². The van der Waals surface area contributed by atoms with E-state index < -0.39 is 18.8 Å². The molecule has 17 heavy (non-hydrogen) atoms. The molecule has 0 amide bonds. The summed E-state index contributed by atoms with van der Waals surface area (Å²) >= 11 is 0. The summed E-state index contributed by atoms with van der Waals surface area (Å²) in [5, 5.41) is 11.7. The molecule has 0 aromatic rings. The van der Waals surface area contributed by atoms with Gasteiger partial charge in [0.1, 0.15) is 0 Å². The van der Waals surface area contributed by atoms with Crippen LogP contribution in [0.1, 0.15) is 27.2 Å². The maximum absolute atomic E-state index is 12.1. The molecule has 1 aliphatic rings. The summed E-state index contributed by atoms with van der Waals surface area (Å²) in [6, 6.07) is 0.620. The predicted octanol–water partition coefficient (Wildman–Crippen LogP) is 1.37.